The number of piperidine rings is 1. The molecule has 7 nitrogen and oxygen atoms in total. The van der Waals surface area contributed by atoms with Gasteiger partial charge in [-0.15, -0.1) is 0 Å². The second-order valence-electron chi connectivity index (χ2n) is 5.43. The lowest BCUT2D eigenvalue weighted by atomic mass is 10.0. The van der Waals surface area contributed by atoms with Gasteiger partial charge in [-0.1, -0.05) is 0 Å². The second kappa shape index (κ2) is 6.09. The van der Waals surface area contributed by atoms with E-state index < -0.39 is 10.8 Å². The topological polar surface area (TPSA) is 86.9 Å². The van der Waals surface area contributed by atoms with E-state index in [1.54, 1.807) is 7.05 Å². The van der Waals surface area contributed by atoms with Crippen molar-refractivity contribution in [1.29, 1.82) is 0 Å². The number of phenols is 1. The van der Waals surface area contributed by atoms with Gasteiger partial charge in [0.15, 0.2) is 0 Å². The summed E-state index contributed by atoms with van der Waals surface area (Å²) in [7, 11) is 3.64. The molecule has 1 saturated heterocycles. The van der Waals surface area contributed by atoms with E-state index in [2.05, 4.69) is 4.90 Å². The van der Waals surface area contributed by atoms with Gasteiger partial charge in [-0.05, 0) is 38.6 Å². The van der Waals surface area contributed by atoms with Crippen LogP contribution in [0.1, 0.15) is 23.2 Å². The number of carbonyl (C=O) groups excluding carboxylic acids is 1. The average Bonchev–Trinajstić information content (AvgIpc) is 2.45. The van der Waals surface area contributed by atoms with Crippen LogP contribution in [0.25, 0.3) is 0 Å². The van der Waals surface area contributed by atoms with Crippen LogP contribution >= 0.6 is 0 Å². The Morgan fingerprint density at radius 2 is 2.24 bits per heavy atom. The third-order valence-electron chi connectivity index (χ3n) is 3.87. The maximum absolute atomic E-state index is 12.5. The lowest BCUT2D eigenvalue weighted by molar-refractivity contribution is -0.385. The first kappa shape index (κ1) is 15.2. The normalized spacial score (nSPS) is 19.2. The third kappa shape index (κ3) is 3.30. The first-order valence-electron chi connectivity index (χ1n) is 6.83. The molecular formula is C14H19N3O4. The van der Waals surface area contributed by atoms with Gasteiger partial charge in [0, 0.05) is 25.7 Å². The maximum Gasteiger partial charge on any atom is 0.282 e. The number of hydrogen-bond acceptors (Lipinski definition) is 5. The molecule has 1 atom stereocenters. The highest BCUT2D eigenvalue weighted by Gasteiger charge is 2.29. The fourth-order valence-electron chi connectivity index (χ4n) is 2.67. The summed E-state index contributed by atoms with van der Waals surface area (Å²) in [5, 5.41) is 20.5. The van der Waals surface area contributed by atoms with Gasteiger partial charge >= 0.3 is 0 Å². The maximum atomic E-state index is 12.5. The third-order valence-corrected chi connectivity index (χ3v) is 3.87. The number of nitro groups is 1. The van der Waals surface area contributed by atoms with E-state index in [-0.39, 0.29) is 23.0 Å². The number of rotatable bonds is 3. The molecule has 0 spiro atoms. The number of likely N-dealkylation sites (N-methyl/N-ethyl adjacent to an activating group) is 2. The van der Waals surface area contributed by atoms with Crippen molar-refractivity contribution >= 4 is 11.6 Å². The van der Waals surface area contributed by atoms with Crippen LogP contribution < -0.4 is 0 Å². The first-order chi connectivity index (χ1) is 9.90. The van der Waals surface area contributed by atoms with Gasteiger partial charge in [0.2, 0.25) is 0 Å². The number of hydrogen-bond donors (Lipinski definition) is 1. The van der Waals surface area contributed by atoms with Gasteiger partial charge in [-0.25, -0.2) is 0 Å². The highest BCUT2D eigenvalue weighted by Crippen LogP contribution is 2.26. The molecule has 0 bridgehead atoms. The molecule has 21 heavy (non-hydrogen) atoms. The molecule has 1 unspecified atom stereocenters. The van der Waals surface area contributed by atoms with E-state index in [0.717, 1.165) is 38.1 Å². The summed E-state index contributed by atoms with van der Waals surface area (Å²) < 4.78 is 0. The Hall–Kier alpha value is -2.15. The Labute approximate surface area is 122 Å². The van der Waals surface area contributed by atoms with E-state index >= 15 is 0 Å². The lowest BCUT2D eigenvalue weighted by Gasteiger charge is -2.35. The quantitative estimate of drug-likeness (QED) is 0.673. The van der Waals surface area contributed by atoms with Crippen LogP contribution in [0, 0.1) is 10.1 Å². The molecule has 1 heterocycles. The van der Waals surface area contributed by atoms with Crippen LogP contribution in [0.5, 0.6) is 5.75 Å². The van der Waals surface area contributed by atoms with E-state index in [9.17, 15) is 20.0 Å². The minimum Gasteiger partial charge on any atom is -0.508 e. The Kier molecular flexibility index (Phi) is 4.42. The molecule has 1 aromatic carbocycles. The van der Waals surface area contributed by atoms with Crippen molar-refractivity contribution in [3.63, 3.8) is 0 Å². The van der Waals surface area contributed by atoms with Gasteiger partial charge in [0.05, 0.1) is 4.92 Å². The van der Waals surface area contributed by atoms with Crippen molar-refractivity contribution in [2.75, 3.05) is 27.2 Å². The van der Waals surface area contributed by atoms with Crippen molar-refractivity contribution in [3.8, 4) is 5.75 Å². The molecule has 1 N–H and O–H groups in total. The number of benzene rings is 1. The Morgan fingerprint density at radius 1 is 1.52 bits per heavy atom. The highest BCUT2D eigenvalue weighted by molar-refractivity contribution is 5.98. The minimum atomic E-state index is -0.604. The second-order valence-corrected chi connectivity index (χ2v) is 5.43. The Morgan fingerprint density at radius 3 is 2.86 bits per heavy atom. The van der Waals surface area contributed by atoms with Crippen LogP contribution in [0.15, 0.2) is 18.2 Å². The predicted octanol–water partition coefficient (Wildman–Crippen LogP) is 1.47. The minimum absolute atomic E-state index is 0.0261. The molecule has 1 aliphatic heterocycles. The summed E-state index contributed by atoms with van der Waals surface area (Å²) in [6.45, 7) is 1.74. The van der Waals surface area contributed by atoms with Crippen molar-refractivity contribution < 1.29 is 14.8 Å². The predicted molar refractivity (Wildman–Crippen MR) is 77.4 cm³/mol. The van der Waals surface area contributed by atoms with Gasteiger partial charge in [0.25, 0.3) is 11.6 Å². The number of likely N-dealkylation sites (tertiary alicyclic amines) is 1. The van der Waals surface area contributed by atoms with Crippen LogP contribution in [-0.2, 0) is 0 Å². The zero-order valence-electron chi connectivity index (χ0n) is 12.2. The van der Waals surface area contributed by atoms with Crippen molar-refractivity contribution in [2.45, 2.75) is 18.9 Å². The van der Waals surface area contributed by atoms with Gasteiger partial charge in [0.1, 0.15) is 11.3 Å². The van der Waals surface area contributed by atoms with Crippen LogP contribution in [0.3, 0.4) is 0 Å². The Bertz CT molecular complexity index is 561. The Balaban J connectivity index is 2.26. The molecule has 0 saturated carbocycles. The number of carbonyl (C=O) groups is 1. The summed E-state index contributed by atoms with van der Waals surface area (Å²) in [5.74, 6) is -0.587. The summed E-state index contributed by atoms with van der Waals surface area (Å²) in [6.07, 6.45) is 1.86. The molecule has 2 rings (SSSR count). The molecule has 1 aliphatic rings. The van der Waals surface area contributed by atoms with Crippen molar-refractivity contribution in [1.82, 2.24) is 9.80 Å². The molecule has 1 aromatic rings. The summed E-state index contributed by atoms with van der Waals surface area (Å²) in [4.78, 5) is 26.6. The number of amides is 1. The number of aromatic hydroxyl groups is 1. The number of nitro benzene ring substituents is 1. The molecule has 1 amide bonds. The van der Waals surface area contributed by atoms with Crippen LogP contribution in [0.2, 0.25) is 0 Å². The first-order valence-corrected chi connectivity index (χ1v) is 6.83. The summed E-state index contributed by atoms with van der Waals surface area (Å²) in [5.41, 5.74) is -0.357. The van der Waals surface area contributed by atoms with Crippen LogP contribution in [0.4, 0.5) is 5.69 Å². The van der Waals surface area contributed by atoms with Gasteiger partial charge < -0.3 is 14.9 Å². The molecule has 1 fully saturated rings. The van der Waals surface area contributed by atoms with E-state index in [4.69, 9.17) is 0 Å². The number of nitrogens with zero attached hydrogens (tertiary/aromatic N) is 3. The molecule has 114 valence electrons. The molecule has 7 heteroatoms. The zero-order valence-corrected chi connectivity index (χ0v) is 12.2. The fraction of sp³-hybridized carbons (Fsp3) is 0.500. The standard InChI is InChI=1S/C14H19N3O4/c1-15-7-3-4-10(9-15)16(2)14(19)12-8-11(18)5-6-13(12)17(20)21/h5-6,8,10,18H,3-4,7,9H2,1-2H3. The summed E-state index contributed by atoms with van der Waals surface area (Å²) in [6, 6.07) is 3.55. The molecule has 0 radical (unpaired) electrons. The van der Waals surface area contributed by atoms with Crippen LogP contribution in [-0.4, -0.2) is 59.0 Å². The summed E-state index contributed by atoms with van der Waals surface area (Å²) >= 11 is 0. The van der Waals surface area contributed by atoms with E-state index in [1.807, 2.05) is 7.05 Å². The smallest absolute Gasteiger partial charge is 0.282 e. The van der Waals surface area contributed by atoms with Gasteiger partial charge in [-0.3, -0.25) is 14.9 Å². The number of phenolic OH excluding ortho intramolecular Hbond substituents is 1. The largest absolute Gasteiger partial charge is 0.508 e. The van der Waals surface area contributed by atoms with E-state index in [0.29, 0.717) is 0 Å². The fourth-order valence-corrected chi connectivity index (χ4v) is 2.67. The van der Waals surface area contributed by atoms with Crippen molar-refractivity contribution in [2.24, 2.45) is 0 Å². The molecule has 0 aromatic heterocycles. The zero-order chi connectivity index (χ0) is 15.6. The molecule has 0 aliphatic carbocycles. The van der Waals surface area contributed by atoms with Crippen molar-refractivity contribution in [3.05, 3.63) is 33.9 Å². The lowest BCUT2D eigenvalue weighted by Crippen LogP contribution is -2.47. The van der Waals surface area contributed by atoms with E-state index in [1.165, 1.54) is 11.0 Å². The highest BCUT2D eigenvalue weighted by atomic mass is 16.6. The average molecular weight is 293 g/mol. The monoisotopic (exact) mass is 293 g/mol. The van der Waals surface area contributed by atoms with Gasteiger partial charge in [-0.2, -0.15) is 0 Å². The molecular weight excluding hydrogens is 274 g/mol. The SMILES string of the molecule is CN1CCCC(N(C)C(=O)c2cc(O)ccc2[N+](=O)[O-])C1.